The second kappa shape index (κ2) is 4.66. The van der Waals surface area contributed by atoms with Crippen LogP contribution in [0.1, 0.15) is 11.4 Å². The van der Waals surface area contributed by atoms with Crippen molar-refractivity contribution in [3.63, 3.8) is 0 Å². The third-order valence-corrected chi connectivity index (χ3v) is 3.91. The fourth-order valence-corrected chi connectivity index (χ4v) is 2.80. The molecule has 0 atom stereocenters. The van der Waals surface area contributed by atoms with Crippen molar-refractivity contribution in [2.24, 2.45) is 5.92 Å². The Kier molecular flexibility index (Phi) is 3.01. The summed E-state index contributed by atoms with van der Waals surface area (Å²) in [6.45, 7) is 3.40. The van der Waals surface area contributed by atoms with E-state index in [2.05, 4.69) is 10.3 Å². The van der Waals surface area contributed by atoms with Crippen LogP contribution in [-0.2, 0) is 9.53 Å². The molecule has 1 aromatic heterocycles. The molecule has 1 amide bonds. The molecule has 0 spiro atoms. The summed E-state index contributed by atoms with van der Waals surface area (Å²) in [6.07, 6.45) is 0.536. The van der Waals surface area contributed by atoms with Crippen LogP contribution in [0.5, 0.6) is 0 Å². The van der Waals surface area contributed by atoms with Crippen LogP contribution in [-0.4, -0.2) is 24.1 Å². The summed E-state index contributed by atoms with van der Waals surface area (Å²) >= 11 is 1.66. The van der Waals surface area contributed by atoms with Gasteiger partial charge in [-0.2, -0.15) is 0 Å². The summed E-state index contributed by atoms with van der Waals surface area (Å²) in [5, 5.41) is 3.95. The smallest absolute Gasteiger partial charge is 0.224 e. The van der Waals surface area contributed by atoms with E-state index in [4.69, 9.17) is 4.74 Å². The van der Waals surface area contributed by atoms with Crippen LogP contribution in [0.25, 0.3) is 10.2 Å². The monoisotopic (exact) mass is 262 g/mol. The number of thiazole rings is 1. The minimum Gasteiger partial charge on any atom is -0.381 e. The molecule has 1 fully saturated rings. The highest BCUT2D eigenvalue weighted by atomic mass is 32.1. The summed E-state index contributed by atoms with van der Waals surface area (Å²) in [5.74, 6) is 0.435. The lowest BCUT2D eigenvalue weighted by atomic mass is 10.0. The number of hydrogen-bond donors (Lipinski definition) is 1. The third kappa shape index (κ3) is 2.37. The molecule has 1 N–H and O–H groups in total. The average Bonchev–Trinajstić information content (AvgIpc) is 2.63. The lowest BCUT2D eigenvalue weighted by Crippen LogP contribution is -2.31. The van der Waals surface area contributed by atoms with E-state index < -0.39 is 0 Å². The molecule has 1 aromatic carbocycles. The molecule has 0 unspecified atom stereocenters. The number of nitrogens with zero attached hydrogens (tertiary/aromatic N) is 1. The van der Waals surface area contributed by atoms with Crippen LogP contribution < -0.4 is 5.32 Å². The van der Waals surface area contributed by atoms with Gasteiger partial charge in [0.15, 0.2) is 0 Å². The normalized spacial score (nSPS) is 15.6. The maximum absolute atomic E-state index is 11.8. The van der Waals surface area contributed by atoms with E-state index in [1.54, 1.807) is 11.3 Å². The molecule has 2 heterocycles. The molecule has 1 aliphatic heterocycles. The Morgan fingerprint density at radius 3 is 3.11 bits per heavy atom. The number of ether oxygens (including phenoxy) is 1. The highest BCUT2D eigenvalue weighted by Crippen LogP contribution is 2.24. The van der Waals surface area contributed by atoms with E-state index in [9.17, 15) is 4.79 Å². The molecule has 0 saturated carbocycles. The van der Waals surface area contributed by atoms with Crippen LogP contribution >= 0.6 is 11.3 Å². The highest BCUT2D eigenvalue weighted by molar-refractivity contribution is 7.18. The van der Waals surface area contributed by atoms with Crippen molar-refractivity contribution in [3.05, 3.63) is 23.2 Å². The van der Waals surface area contributed by atoms with Crippen LogP contribution in [0, 0.1) is 12.8 Å². The van der Waals surface area contributed by atoms with Gasteiger partial charge < -0.3 is 10.1 Å². The van der Waals surface area contributed by atoms with Crippen molar-refractivity contribution < 1.29 is 9.53 Å². The van der Waals surface area contributed by atoms with Crippen molar-refractivity contribution in [2.75, 3.05) is 18.5 Å². The Morgan fingerprint density at radius 2 is 2.39 bits per heavy atom. The van der Waals surface area contributed by atoms with Gasteiger partial charge in [0.1, 0.15) is 0 Å². The van der Waals surface area contributed by atoms with Crippen molar-refractivity contribution in [3.8, 4) is 0 Å². The van der Waals surface area contributed by atoms with Gasteiger partial charge in [-0.15, -0.1) is 11.3 Å². The average molecular weight is 262 g/mol. The first-order valence-electron chi connectivity index (χ1n) is 5.95. The second-order valence-corrected chi connectivity index (χ2v) is 5.81. The molecular formula is C13H14N2O2S. The quantitative estimate of drug-likeness (QED) is 0.925. The Labute approximate surface area is 109 Å². The molecular weight excluding hydrogens is 248 g/mol. The first-order chi connectivity index (χ1) is 8.70. The predicted molar refractivity (Wildman–Crippen MR) is 71.9 cm³/mol. The Balaban J connectivity index is 1.71. The van der Waals surface area contributed by atoms with Crippen molar-refractivity contribution in [1.29, 1.82) is 0 Å². The third-order valence-electron chi connectivity index (χ3n) is 2.96. The van der Waals surface area contributed by atoms with Crippen molar-refractivity contribution in [2.45, 2.75) is 13.3 Å². The van der Waals surface area contributed by atoms with Gasteiger partial charge in [-0.25, -0.2) is 4.98 Å². The number of amides is 1. The summed E-state index contributed by atoms with van der Waals surface area (Å²) < 4.78 is 6.21. The van der Waals surface area contributed by atoms with Crippen LogP contribution in [0.15, 0.2) is 18.2 Å². The summed E-state index contributed by atoms with van der Waals surface area (Å²) in [5.41, 5.74) is 1.76. The number of rotatable bonds is 3. The van der Waals surface area contributed by atoms with E-state index in [-0.39, 0.29) is 5.91 Å². The predicted octanol–water partition coefficient (Wildman–Crippen LogP) is 2.58. The van der Waals surface area contributed by atoms with Crippen LogP contribution in [0.3, 0.4) is 0 Å². The number of nitrogens with one attached hydrogen (secondary N) is 1. The maximum atomic E-state index is 11.8. The minimum absolute atomic E-state index is 0.0506. The van der Waals surface area contributed by atoms with E-state index in [1.807, 2.05) is 25.1 Å². The zero-order valence-corrected chi connectivity index (χ0v) is 10.9. The Bertz CT molecular complexity index is 590. The molecule has 0 radical (unpaired) electrons. The number of benzene rings is 1. The van der Waals surface area contributed by atoms with E-state index in [0.29, 0.717) is 25.6 Å². The van der Waals surface area contributed by atoms with Gasteiger partial charge in [0.2, 0.25) is 5.91 Å². The molecule has 18 heavy (non-hydrogen) atoms. The Hall–Kier alpha value is -1.46. The zero-order valence-electron chi connectivity index (χ0n) is 10.1. The summed E-state index contributed by atoms with van der Waals surface area (Å²) in [7, 11) is 0. The molecule has 3 rings (SSSR count). The van der Waals surface area contributed by atoms with E-state index in [0.717, 1.165) is 20.9 Å². The standard InChI is InChI=1S/C13H14N2O2S/c1-8-14-11-5-10(2-3-12(11)18-8)15-13(16)4-9-6-17-7-9/h2-3,5,9H,4,6-7H2,1H3,(H,15,16). The maximum Gasteiger partial charge on any atom is 0.224 e. The number of fused-ring (bicyclic) bond motifs is 1. The number of aromatic nitrogens is 1. The number of carbonyl (C=O) groups is 1. The van der Waals surface area contributed by atoms with Crippen molar-refractivity contribution >= 4 is 33.1 Å². The lowest BCUT2D eigenvalue weighted by molar-refractivity contribution is -0.121. The SMILES string of the molecule is Cc1nc2cc(NC(=O)CC3COC3)ccc2s1. The molecule has 94 valence electrons. The minimum atomic E-state index is 0.0506. The van der Waals surface area contributed by atoms with Gasteiger partial charge in [0.05, 0.1) is 28.4 Å². The first-order valence-corrected chi connectivity index (χ1v) is 6.77. The summed E-state index contributed by atoms with van der Waals surface area (Å²) in [4.78, 5) is 16.2. The van der Waals surface area contributed by atoms with Gasteiger partial charge >= 0.3 is 0 Å². The van der Waals surface area contributed by atoms with Gasteiger partial charge in [0.25, 0.3) is 0 Å². The molecule has 0 aliphatic carbocycles. The zero-order chi connectivity index (χ0) is 12.5. The fraction of sp³-hybridized carbons (Fsp3) is 0.385. The Morgan fingerprint density at radius 1 is 1.56 bits per heavy atom. The van der Waals surface area contributed by atoms with Gasteiger partial charge in [-0.1, -0.05) is 0 Å². The molecule has 0 bridgehead atoms. The van der Waals surface area contributed by atoms with Crippen LogP contribution in [0.2, 0.25) is 0 Å². The summed E-state index contributed by atoms with van der Waals surface area (Å²) in [6, 6.07) is 5.85. The number of aryl methyl sites for hydroxylation is 1. The topological polar surface area (TPSA) is 51.2 Å². The molecule has 5 heteroatoms. The molecule has 2 aromatic rings. The molecule has 4 nitrogen and oxygen atoms in total. The van der Waals surface area contributed by atoms with Gasteiger partial charge in [-0.05, 0) is 25.1 Å². The fourth-order valence-electron chi connectivity index (χ4n) is 2.00. The number of anilines is 1. The van der Waals surface area contributed by atoms with Crippen molar-refractivity contribution in [1.82, 2.24) is 4.98 Å². The number of hydrogen-bond acceptors (Lipinski definition) is 4. The van der Waals surface area contributed by atoms with Gasteiger partial charge in [-0.3, -0.25) is 4.79 Å². The van der Waals surface area contributed by atoms with E-state index in [1.165, 1.54) is 0 Å². The van der Waals surface area contributed by atoms with E-state index >= 15 is 0 Å². The molecule has 1 saturated heterocycles. The second-order valence-electron chi connectivity index (χ2n) is 4.57. The number of carbonyl (C=O) groups excluding carboxylic acids is 1. The highest BCUT2D eigenvalue weighted by Gasteiger charge is 2.21. The largest absolute Gasteiger partial charge is 0.381 e. The first kappa shape index (κ1) is 11.6. The van der Waals surface area contributed by atoms with Gasteiger partial charge in [0, 0.05) is 18.0 Å². The molecule has 1 aliphatic rings. The van der Waals surface area contributed by atoms with Crippen LogP contribution in [0.4, 0.5) is 5.69 Å². The lowest BCUT2D eigenvalue weighted by Gasteiger charge is -2.25.